The maximum absolute atomic E-state index is 6.20. The number of piperidine rings is 1. The smallest absolute Gasteiger partial charge is 0.0992 e. The summed E-state index contributed by atoms with van der Waals surface area (Å²) >= 11 is 0. The third-order valence-electron chi connectivity index (χ3n) is 5.99. The summed E-state index contributed by atoms with van der Waals surface area (Å²) < 4.78 is 12.3. The number of pyridine rings is 1. The van der Waals surface area contributed by atoms with Gasteiger partial charge in [0.2, 0.25) is 0 Å². The van der Waals surface area contributed by atoms with E-state index in [9.17, 15) is 0 Å². The number of hydrogen-bond acceptors (Lipinski definition) is 5. The van der Waals surface area contributed by atoms with Gasteiger partial charge in [0.05, 0.1) is 25.4 Å². The van der Waals surface area contributed by atoms with Crippen LogP contribution in [0.2, 0.25) is 0 Å². The number of rotatable bonds is 6. The van der Waals surface area contributed by atoms with Crippen molar-refractivity contribution in [1.82, 2.24) is 14.8 Å². The number of aromatic nitrogens is 1. The summed E-state index contributed by atoms with van der Waals surface area (Å²) in [6, 6.07) is 4.58. The standard InChI is InChI=1S/C20H31N3O2/c1-2-9-22(10-3-1)11-12-23-13-14-24-20-18(23)6-7-19(20)25-16-17-5-4-8-21-15-17/h4-5,8,15,18-20H,1-3,6-7,9-14,16H2/t18-,19-,20+/m0/s1. The predicted octanol–water partition coefficient (Wildman–Crippen LogP) is 2.32. The van der Waals surface area contributed by atoms with Gasteiger partial charge in [-0.15, -0.1) is 0 Å². The summed E-state index contributed by atoms with van der Waals surface area (Å²) in [6.45, 7) is 7.52. The molecule has 0 N–H and O–H groups in total. The third-order valence-corrected chi connectivity index (χ3v) is 5.99. The molecule has 1 saturated carbocycles. The molecule has 1 aromatic rings. The molecule has 4 rings (SSSR count). The van der Waals surface area contributed by atoms with Crippen LogP contribution >= 0.6 is 0 Å². The predicted molar refractivity (Wildman–Crippen MR) is 97.4 cm³/mol. The lowest BCUT2D eigenvalue weighted by Crippen LogP contribution is -2.53. The normalized spacial score (nSPS) is 31.1. The van der Waals surface area contributed by atoms with Gasteiger partial charge in [-0.25, -0.2) is 0 Å². The summed E-state index contributed by atoms with van der Waals surface area (Å²) in [6.07, 6.45) is 10.6. The van der Waals surface area contributed by atoms with Crippen molar-refractivity contribution in [3.05, 3.63) is 30.1 Å². The fraction of sp³-hybridized carbons (Fsp3) is 0.750. The first-order valence-electron chi connectivity index (χ1n) is 9.99. The lowest BCUT2D eigenvalue weighted by atomic mass is 10.1. The summed E-state index contributed by atoms with van der Waals surface area (Å²) in [5.74, 6) is 0. The van der Waals surface area contributed by atoms with Crippen LogP contribution in [0.3, 0.4) is 0 Å². The first-order chi connectivity index (χ1) is 12.4. The highest BCUT2D eigenvalue weighted by molar-refractivity contribution is 5.07. The zero-order valence-corrected chi connectivity index (χ0v) is 15.2. The molecule has 0 bridgehead atoms. The minimum absolute atomic E-state index is 0.225. The second kappa shape index (κ2) is 8.58. The lowest BCUT2D eigenvalue weighted by molar-refractivity contribution is -0.117. The van der Waals surface area contributed by atoms with Crippen molar-refractivity contribution in [2.24, 2.45) is 0 Å². The highest BCUT2D eigenvalue weighted by Crippen LogP contribution is 2.32. The molecule has 1 aliphatic carbocycles. The van der Waals surface area contributed by atoms with E-state index < -0.39 is 0 Å². The van der Waals surface area contributed by atoms with E-state index in [2.05, 4.69) is 20.9 Å². The topological polar surface area (TPSA) is 37.8 Å². The Balaban J connectivity index is 1.27. The van der Waals surface area contributed by atoms with E-state index >= 15 is 0 Å². The Kier molecular flexibility index (Phi) is 5.98. The minimum Gasteiger partial charge on any atom is -0.373 e. The molecule has 2 saturated heterocycles. The first-order valence-corrected chi connectivity index (χ1v) is 9.99. The van der Waals surface area contributed by atoms with Crippen molar-refractivity contribution in [3.63, 3.8) is 0 Å². The number of hydrogen-bond donors (Lipinski definition) is 0. The quantitative estimate of drug-likeness (QED) is 0.791. The molecule has 25 heavy (non-hydrogen) atoms. The number of morpholine rings is 1. The van der Waals surface area contributed by atoms with Gasteiger partial charge in [-0.1, -0.05) is 12.5 Å². The number of likely N-dealkylation sites (tertiary alicyclic amines) is 1. The monoisotopic (exact) mass is 345 g/mol. The van der Waals surface area contributed by atoms with Crippen molar-refractivity contribution in [2.45, 2.75) is 57.0 Å². The molecule has 2 aliphatic heterocycles. The van der Waals surface area contributed by atoms with E-state index in [4.69, 9.17) is 9.47 Å². The molecule has 0 spiro atoms. The van der Waals surface area contributed by atoms with Crippen molar-refractivity contribution in [1.29, 1.82) is 0 Å². The van der Waals surface area contributed by atoms with Crippen LogP contribution < -0.4 is 0 Å². The van der Waals surface area contributed by atoms with Gasteiger partial charge in [-0.2, -0.15) is 0 Å². The van der Waals surface area contributed by atoms with E-state index in [1.54, 1.807) is 6.20 Å². The lowest BCUT2D eigenvalue weighted by Gasteiger charge is -2.40. The minimum atomic E-state index is 0.225. The Morgan fingerprint density at radius 2 is 2.04 bits per heavy atom. The molecular formula is C20H31N3O2. The largest absolute Gasteiger partial charge is 0.373 e. The van der Waals surface area contributed by atoms with Gasteiger partial charge in [-0.3, -0.25) is 9.88 Å². The fourth-order valence-electron chi connectivity index (χ4n) is 4.59. The summed E-state index contributed by atoms with van der Waals surface area (Å²) in [5.41, 5.74) is 1.14. The average Bonchev–Trinajstić information content (AvgIpc) is 3.10. The van der Waals surface area contributed by atoms with Gasteiger partial charge in [0.15, 0.2) is 0 Å². The van der Waals surface area contributed by atoms with Crippen molar-refractivity contribution < 1.29 is 9.47 Å². The van der Waals surface area contributed by atoms with Crippen LogP contribution in [0, 0.1) is 0 Å². The average molecular weight is 345 g/mol. The summed E-state index contributed by atoms with van der Waals surface area (Å²) in [4.78, 5) is 9.47. The zero-order valence-electron chi connectivity index (χ0n) is 15.2. The maximum atomic E-state index is 6.20. The van der Waals surface area contributed by atoms with E-state index in [1.807, 2.05) is 12.3 Å². The van der Waals surface area contributed by atoms with Crippen LogP contribution in [-0.2, 0) is 16.1 Å². The Hall–Kier alpha value is -1.01. The van der Waals surface area contributed by atoms with Gasteiger partial charge in [-0.05, 0) is 50.4 Å². The van der Waals surface area contributed by atoms with Gasteiger partial charge < -0.3 is 14.4 Å². The van der Waals surface area contributed by atoms with Crippen molar-refractivity contribution in [3.8, 4) is 0 Å². The first kappa shape index (κ1) is 17.4. The second-order valence-electron chi connectivity index (χ2n) is 7.63. The van der Waals surface area contributed by atoms with E-state index in [-0.39, 0.29) is 12.2 Å². The molecule has 0 aromatic carbocycles. The second-order valence-corrected chi connectivity index (χ2v) is 7.63. The van der Waals surface area contributed by atoms with Crippen LogP contribution in [0.5, 0.6) is 0 Å². The number of nitrogens with zero attached hydrogens (tertiary/aromatic N) is 3. The maximum Gasteiger partial charge on any atom is 0.0992 e. The molecule has 3 aliphatic rings. The summed E-state index contributed by atoms with van der Waals surface area (Å²) in [5, 5.41) is 0. The highest BCUT2D eigenvalue weighted by Gasteiger charge is 2.43. The van der Waals surface area contributed by atoms with Crippen LogP contribution in [0.1, 0.15) is 37.7 Å². The van der Waals surface area contributed by atoms with E-state index in [0.717, 1.165) is 25.1 Å². The molecule has 0 unspecified atom stereocenters. The fourth-order valence-corrected chi connectivity index (χ4v) is 4.59. The number of ether oxygens (including phenoxy) is 2. The molecule has 5 heteroatoms. The van der Waals surface area contributed by atoms with Crippen LogP contribution in [0.15, 0.2) is 24.5 Å². The van der Waals surface area contributed by atoms with Crippen LogP contribution in [0.4, 0.5) is 0 Å². The molecule has 3 heterocycles. The van der Waals surface area contributed by atoms with Gasteiger partial charge >= 0.3 is 0 Å². The number of fused-ring (bicyclic) bond motifs is 1. The van der Waals surface area contributed by atoms with Gasteiger partial charge in [0.25, 0.3) is 0 Å². The summed E-state index contributed by atoms with van der Waals surface area (Å²) in [7, 11) is 0. The van der Waals surface area contributed by atoms with Gasteiger partial charge in [0.1, 0.15) is 0 Å². The molecule has 5 nitrogen and oxygen atoms in total. The molecule has 1 aromatic heterocycles. The highest BCUT2D eigenvalue weighted by atomic mass is 16.5. The van der Waals surface area contributed by atoms with Crippen molar-refractivity contribution >= 4 is 0 Å². The van der Waals surface area contributed by atoms with E-state index in [1.165, 1.54) is 51.9 Å². The Bertz CT molecular complexity index is 521. The Morgan fingerprint density at radius 3 is 2.88 bits per heavy atom. The van der Waals surface area contributed by atoms with Gasteiger partial charge in [0, 0.05) is 38.1 Å². The van der Waals surface area contributed by atoms with Crippen molar-refractivity contribution in [2.75, 3.05) is 39.3 Å². The molecule has 0 radical (unpaired) electrons. The Morgan fingerprint density at radius 1 is 1.12 bits per heavy atom. The molecule has 3 atom stereocenters. The zero-order chi connectivity index (χ0) is 16.9. The van der Waals surface area contributed by atoms with Crippen LogP contribution in [0.25, 0.3) is 0 Å². The molecule has 3 fully saturated rings. The Labute approximate surface area is 151 Å². The van der Waals surface area contributed by atoms with E-state index in [0.29, 0.717) is 12.6 Å². The SMILES string of the molecule is c1cncc(CO[C@H]2CC[C@H]3[C@H]2OCCN3CCN2CCCCC2)c1. The molecule has 138 valence electrons. The molecule has 0 amide bonds. The third kappa shape index (κ3) is 4.40. The molecular weight excluding hydrogens is 314 g/mol. The van der Waals surface area contributed by atoms with Crippen LogP contribution in [-0.4, -0.2) is 72.4 Å².